The van der Waals surface area contributed by atoms with Crippen molar-refractivity contribution in [2.24, 2.45) is 0 Å². The summed E-state index contributed by atoms with van der Waals surface area (Å²) in [6.45, 7) is 3.54. The lowest BCUT2D eigenvalue weighted by molar-refractivity contribution is -0.116. The van der Waals surface area contributed by atoms with Crippen molar-refractivity contribution in [1.29, 1.82) is 0 Å². The first-order valence-corrected chi connectivity index (χ1v) is 5.08. The summed E-state index contributed by atoms with van der Waals surface area (Å²) in [5, 5.41) is 0.450. The number of Topliss-reactive ketones (excluding diaryl/α,β-unsaturated/α-hetero) is 1. The van der Waals surface area contributed by atoms with Gasteiger partial charge in [0.15, 0.2) is 5.15 Å². The van der Waals surface area contributed by atoms with Crippen LogP contribution in [0.25, 0.3) is 5.52 Å². The Bertz CT molecular complexity index is 531. The molecule has 2 aromatic rings. The first-order valence-electron chi connectivity index (χ1n) is 4.70. The molecule has 2 rings (SSSR count). The third kappa shape index (κ3) is 1.88. The summed E-state index contributed by atoms with van der Waals surface area (Å²) >= 11 is 5.97. The average Bonchev–Trinajstić information content (AvgIpc) is 2.42. The Balaban J connectivity index is 2.64. The van der Waals surface area contributed by atoms with Crippen molar-refractivity contribution < 1.29 is 4.79 Å². The van der Waals surface area contributed by atoms with Crippen molar-refractivity contribution in [3.63, 3.8) is 0 Å². The number of carbonyl (C=O) groups excluding carboxylic acids is 1. The van der Waals surface area contributed by atoms with E-state index in [-0.39, 0.29) is 5.78 Å². The van der Waals surface area contributed by atoms with Crippen LogP contribution in [0.2, 0.25) is 5.15 Å². The molecule has 0 amide bonds. The van der Waals surface area contributed by atoms with Gasteiger partial charge < -0.3 is 4.40 Å². The SMILES string of the molecule is CC(=O)Cc1nc(Cl)c2ccc(C)cn12. The number of ketones is 1. The van der Waals surface area contributed by atoms with E-state index >= 15 is 0 Å². The topological polar surface area (TPSA) is 34.4 Å². The number of rotatable bonds is 2. The van der Waals surface area contributed by atoms with Crippen LogP contribution >= 0.6 is 11.6 Å². The lowest BCUT2D eigenvalue weighted by Gasteiger charge is -1.99. The third-order valence-corrected chi connectivity index (χ3v) is 2.50. The average molecular weight is 223 g/mol. The lowest BCUT2D eigenvalue weighted by Crippen LogP contribution is -2.02. The minimum absolute atomic E-state index is 0.0834. The van der Waals surface area contributed by atoms with Crippen LogP contribution < -0.4 is 0 Å². The fourth-order valence-electron chi connectivity index (χ4n) is 1.56. The molecule has 4 heteroatoms. The predicted molar refractivity (Wildman–Crippen MR) is 59.3 cm³/mol. The smallest absolute Gasteiger partial charge is 0.155 e. The highest BCUT2D eigenvalue weighted by molar-refractivity contribution is 6.32. The Kier molecular flexibility index (Phi) is 2.49. The summed E-state index contributed by atoms with van der Waals surface area (Å²) in [6.07, 6.45) is 2.25. The van der Waals surface area contributed by atoms with Crippen LogP contribution in [0.5, 0.6) is 0 Å². The molecule has 0 unspecified atom stereocenters. The highest BCUT2D eigenvalue weighted by atomic mass is 35.5. The molecule has 0 radical (unpaired) electrons. The molecular weight excluding hydrogens is 212 g/mol. The number of carbonyl (C=O) groups is 1. The van der Waals surface area contributed by atoms with Crippen LogP contribution in [-0.2, 0) is 11.2 Å². The number of nitrogens with zero attached hydrogens (tertiary/aromatic N) is 2. The standard InChI is InChI=1S/C11H11ClN2O/c1-7-3-4-9-11(12)13-10(5-8(2)15)14(9)6-7/h3-4,6H,5H2,1-2H3. The molecule has 15 heavy (non-hydrogen) atoms. The maximum Gasteiger partial charge on any atom is 0.155 e. The molecule has 0 bridgehead atoms. The van der Waals surface area contributed by atoms with Gasteiger partial charge in [-0.25, -0.2) is 4.98 Å². The second kappa shape index (κ2) is 3.66. The van der Waals surface area contributed by atoms with Gasteiger partial charge >= 0.3 is 0 Å². The van der Waals surface area contributed by atoms with E-state index in [0.29, 0.717) is 17.4 Å². The van der Waals surface area contributed by atoms with Crippen LogP contribution in [0.15, 0.2) is 18.3 Å². The molecule has 3 nitrogen and oxygen atoms in total. The van der Waals surface area contributed by atoms with Crippen LogP contribution in [0, 0.1) is 6.92 Å². The molecule has 2 aromatic heterocycles. The second-order valence-electron chi connectivity index (χ2n) is 3.66. The Hall–Kier alpha value is -1.35. The van der Waals surface area contributed by atoms with Gasteiger partial charge in [-0.3, -0.25) is 4.79 Å². The zero-order valence-electron chi connectivity index (χ0n) is 8.62. The molecule has 0 atom stereocenters. The van der Waals surface area contributed by atoms with Crippen LogP contribution in [-0.4, -0.2) is 15.2 Å². The number of aromatic nitrogens is 2. The minimum Gasteiger partial charge on any atom is -0.302 e. The quantitative estimate of drug-likeness (QED) is 0.782. The molecule has 0 N–H and O–H groups in total. The lowest BCUT2D eigenvalue weighted by atomic mass is 10.3. The van der Waals surface area contributed by atoms with Crippen molar-refractivity contribution in [3.05, 3.63) is 34.9 Å². The van der Waals surface area contributed by atoms with Crippen LogP contribution in [0.4, 0.5) is 0 Å². The van der Waals surface area contributed by atoms with Crippen molar-refractivity contribution in [2.45, 2.75) is 20.3 Å². The zero-order chi connectivity index (χ0) is 11.0. The highest BCUT2D eigenvalue weighted by Crippen LogP contribution is 2.19. The molecule has 0 spiro atoms. The Morgan fingerprint density at radius 2 is 2.27 bits per heavy atom. The van der Waals surface area contributed by atoms with Gasteiger partial charge in [0.1, 0.15) is 11.6 Å². The van der Waals surface area contributed by atoms with Gasteiger partial charge in [0.25, 0.3) is 0 Å². The Morgan fingerprint density at radius 3 is 2.93 bits per heavy atom. The number of hydrogen-bond donors (Lipinski definition) is 0. The third-order valence-electron chi connectivity index (χ3n) is 2.22. The largest absolute Gasteiger partial charge is 0.302 e. The molecule has 0 aromatic carbocycles. The monoisotopic (exact) mass is 222 g/mol. The van der Waals surface area contributed by atoms with Gasteiger partial charge in [-0.2, -0.15) is 0 Å². The number of imidazole rings is 1. The Labute approximate surface area is 92.7 Å². The van der Waals surface area contributed by atoms with Gasteiger partial charge in [-0.1, -0.05) is 17.7 Å². The predicted octanol–water partition coefficient (Wildman–Crippen LogP) is 2.43. The van der Waals surface area contributed by atoms with E-state index in [2.05, 4.69) is 4.98 Å². The molecular formula is C11H11ClN2O. The van der Waals surface area contributed by atoms with E-state index in [1.165, 1.54) is 0 Å². The summed E-state index contributed by atoms with van der Waals surface area (Å²) < 4.78 is 1.87. The first kappa shape index (κ1) is 10.2. The minimum atomic E-state index is 0.0834. The highest BCUT2D eigenvalue weighted by Gasteiger charge is 2.10. The molecule has 78 valence electrons. The van der Waals surface area contributed by atoms with Gasteiger partial charge in [-0.05, 0) is 25.5 Å². The summed E-state index contributed by atoms with van der Waals surface area (Å²) in [5.74, 6) is 0.784. The summed E-state index contributed by atoms with van der Waals surface area (Å²) in [7, 11) is 0. The number of hydrogen-bond acceptors (Lipinski definition) is 2. The van der Waals surface area contributed by atoms with E-state index < -0.39 is 0 Å². The van der Waals surface area contributed by atoms with Crippen LogP contribution in [0.1, 0.15) is 18.3 Å². The second-order valence-corrected chi connectivity index (χ2v) is 4.02. The zero-order valence-corrected chi connectivity index (χ0v) is 9.38. The molecule has 0 saturated heterocycles. The van der Waals surface area contributed by atoms with Crippen molar-refractivity contribution >= 4 is 22.9 Å². The summed E-state index contributed by atoms with van der Waals surface area (Å²) in [6, 6.07) is 3.88. The van der Waals surface area contributed by atoms with E-state index in [4.69, 9.17) is 11.6 Å². The van der Waals surface area contributed by atoms with E-state index in [0.717, 1.165) is 11.1 Å². The van der Waals surface area contributed by atoms with Gasteiger partial charge in [0.05, 0.1) is 11.9 Å². The van der Waals surface area contributed by atoms with Gasteiger partial charge in [-0.15, -0.1) is 0 Å². The Morgan fingerprint density at radius 1 is 1.53 bits per heavy atom. The summed E-state index contributed by atoms with van der Waals surface area (Å²) in [5.41, 5.74) is 1.96. The van der Waals surface area contributed by atoms with E-state index in [1.54, 1.807) is 6.92 Å². The molecule has 0 aliphatic carbocycles. The number of pyridine rings is 1. The van der Waals surface area contributed by atoms with Gasteiger partial charge in [0.2, 0.25) is 0 Å². The number of fused-ring (bicyclic) bond motifs is 1. The fourth-order valence-corrected chi connectivity index (χ4v) is 1.81. The van der Waals surface area contributed by atoms with Crippen molar-refractivity contribution in [2.75, 3.05) is 0 Å². The van der Waals surface area contributed by atoms with Crippen LogP contribution in [0.3, 0.4) is 0 Å². The maximum atomic E-state index is 11.1. The fraction of sp³-hybridized carbons (Fsp3) is 0.273. The molecule has 2 heterocycles. The molecule has 0 aliphatic rings. The first-order chi connectivity index (χ1) is 7.08. The number of aryl methyl sites for hydroxylation is 1. The van der Waals surface area contributed by atoms with E-state index in [1.807, 2.05) is 29.7 Å². The molecule has 0 fully saturated rings. The number of halogens is 1. The van der Waals surface area contributed by atoms with E-state index in [9.17, 15) is 4.79 Å². The normalized spacial score (nSPS) is 10.9. The molecule has 0 saturated carbocycles. The van der Waals surface area contributed by atoms with Crippen molar-refractivity contribution in [1.82, 2.24) is 9.38 Å². The van der Waals surface area contributed by atoms with Gasteiger partial charge in [0, 0.05) is 6.20 Å². The maximum absolute atomic E-state index is 11.1. The molecule has 0 aliphatic heterocycles. The van der Waals surface area contributed by atoms with Crippen molar-refractivity contribution in [3.8, 4) is 0 Å². The summed E-state index contributed by atoms with van der Waals surface area (Å²) in [4.78, 5) is 15.2.